The highest BCUT2D eigenvalue weighted by Crippen LogP contribution is 2.32. The van der Waals surface area contributed by atoms with E-state index >= 15 is 0 Å². The normalized spacial score (nSPS) is 11.3. The lowest BCUT2D eigenvalue weighted by Gasteiger charge is -2.13. The molecule has 0 atom stereocenters. The third-order valence-corrected chi connectivity index (χ3v) is 4.77. The molecule has 3 aromatic rings. The van der Waals surface area contributed by atoms with Crippen LogP contribution in [0.2, 0.25) is 5.02 Å². The monoisotopic (exact) mass is 486 g/mol. The van der Waals surface area contributed by atoms with Crippen molar-refractivity contribution in [3.05, 3.63) is 52.9 Å². The summed E-state index contributed by atoms with van der Waals surface area (Å²) in [6.07, 6.45) is 3.35. The van der Waals surface area contributed by atoms with Gasteiger partial charge in [-0.05, 0) is 24.3 Å². The zero-order chi connectivity index (χ0) is 18.1. The molecule has 0 aliphatic heterocycles. The third-order valence-electron chi connectivity index (χ3n) is 3.67. The smallest absolute Gasteiger partial charge is 0.274 e. The van der Waals surface area contributed by atoms with Crippen molar-refractivity contribution in [3.8, 4) is 5.69 Å². The number of fused-ring (bicyclic) bond motifs is 1. The largest absolute Gasteiger partial charge is 0.280 e. The van der Waals surface area contributed by atoms with Gasteiger partial charge in [0.15, 0.2) is 0 Å². The molecule has 2 aromatic heterocycles. The predicted octanol–water partition coefficient (Wildman–Crippen LogP) is 4.50. The second-order valence-electron chi connectivity index (χ2n) is 5.15. The number of carbonyl (C=O) groups is 1. The van der Waals surface area contributed by atoms with Crippen LogP contribution in [-0.4, -0.2) is 39.9 Å². The highest BCUT2D eigenvalue weighted by atomic mass is 79.9. The second kappa shape index (κ2) is 7.41. The van der Waals surface area contributed by atoms with E-state index in [2.05, 4.69) is 41.9 Å². The molecule has 0 saturated heterocycles. The van der Waals surface area contributed by atoms with E-state index in [1.54, 1.807) is 36.3 Å². The van der Waals surface area contributed by atoms with Gasteiger partial charge in [-0.15, -0.1) is 0 Å². The maximum absolute atomic E-state index is 12.5. The Morgan fingerprint density at radius 2 is 2.12 bits per heavy atom. The van der Waals surface area contributed by atoms with Crippen molar-refractivity contribution in [3.63, 3.8) is 0 Å². The number of rotatable bonds is 4. The van der Waals surface area contributed by atoms with Gasteiger partial charge in [-0.25, -0.2) is 9.75 Å². The minimum absolute atomic E-state index is 0.284. The number of aromatic nitrogens is 3. The van der Waals surface area contributed by atoms with Crippen LogP contribution in [0.25, 0.3) is 16.6 Å². The van der Waals surface area contributed by atoms with Gasteiger partial charge in [-0.2, -0.15) is 5.10 Å². The van der Waals surface area contributed by atoms with Crippen LogP contribution in [0.15, 0.2) is 36.7 Å². The lowest BCUT2D eigenvalue weighted by atomic mass is 10.2. The lowest BCUT2D eigenvalue weighted by molar-refractivity contribution is -0.0757. The van der Waals surface area contributed by atoms with Crippen molar-refractivity contribution < 1.29 is 9.63 Å². The number of nitrogens with zero attached hydrogens (tertiary/aromatic N) is 4. The first-order valence-corrected chi connectivity index (χ1v) is 9.38. The zero-order valence-corrected chi connectivity index (χ0v) is 17.2. The van der Waals surface area contributed by atoms with Crippen LogP contribution in [0.4, 0.5) is 0 Å². The van der Waals surface area contributed by atoms with Crippen LogP contribution in [-0.2, 0) is 4.84 Å². The summed E-state index contributed by atoms with van der Waals surface area (Å²) in [5.74, 6) is -0.297. The van der Waals surface area contributed by atoms with E-state index in [9.17, 15) is 4.79 Å². The zero-order valence-electron chi connectivity index (χ0n) is 13.3. The number of alkyl halides is 2. The quantitative estimate of drug-likeness (QED) is 0.401. The van der Waals surface area contributed by atoms with Gasteiger partial charge in [0.2, 0.25) is 0 Å². The topological polar surface area (TPSA) is 60.2 Å². The number of benzene rings is 1. The number of carbonyl (C=O) groups excluding carboxylic acids is 1. The summed E-state index contributed by atoms with van der Waals surface area (Å²) in [4.78, 5) is 21.9. The van der Waals surface area contributed by atoms with Gasteiger partial charge in [-0.3, -0.25) is 14.6 Å². The highest BCUT2D eigenvalue weighted by molar-refractivity contribution is 9.24. The number of hydrogen-bond acceptors (Lipinski definition) is 4. The minimum atomic E-state index is -0.297. The standard InChI is InChI=1S/C16H13Br2ClN4O2/c1-22(25-2)16(24)11-8-23(21-14(11)15(17)18)13-5-6-20-12-7-9(19)3-4-10(12)13/h3-8,15H,1-2H3. The average Bonchev–Trinajstić information content (AvgIpc) is 3.05. The van der Waals surface area contributed by atoms with Gasteiger partial charge in [-0.1, -0.05) is 43.5 Å². The molecule has 9 heteroatoms. The molecule has 2 heterocycles. The first-order valence-electron chi connectivity index (χ1n) is 7.17. The number of halogens is 3. The fourth-order valence-electron chi connectivity index (χ4n) is 2.40. The molecule has 3 rings (SSSR count). The van der Waals surface area contributed by atoms with Gasteiger partial charge < -0.3 is 0 Å². The van der Waals surface area contributed by atoms with Crippen molar-refractivity contribution in [2.75, 3.05) is 14.2 Å². The van der Waals surface area contributed by atoms with E-state index in [-0.39, 0.29) is 9.64 Å². The molecule has 25 heavy (non-hydrogen) atoms. The fourth-order valence-corrected chi connectivity index (χ4v) is 3.24. The number of pyridine rings is 1. The molecule has 0 spiro atoms. The Morgan fingerprint density at radius 3 is 2.80 bits per heavy atom. The van der Waals surface area contributed by atoms with E-state index < -0.39 is 0 Å². The fraction of sp³-hybridized carbons (Fsp3) is 0.188. The van der Waals surface area contributed by atoms with Gasteiger partial charge in [0.05, 0.1) is 23.9 Å². The summed E-state index contributed by atoms with van der Waals surface area (Å²) in [5, 5.41) is 7.18. The average molecular weight is 489 g/mol. The molecule has 0 fully saturated rings. The molecule has 0 radical (unpaired) electrons. The molecule has 0 unspecified atom stereocenters. The van der Waals surface area contributed by atoms with Crippen LogP contribution in [0.5, 0.6) is 0 Å². The van der Waals surface area contributed by atoms with E-state index in [4.69, 9.17) is 16.4 Å². The van der Waals surface area contributed by atoms with Crippen molar-refractivity contribution in [2.45, 2.75) is 3.74 Å². The van der Waals surface area contributed by atoms with Crippen molar-refractivity contribution in [1.29, 1.82) is 0 Å². The Balaban J connectivity index is 2.17. The molecule has 0 N–H and O–H groups in total. The van der Waals surface area contributed by atoms with Gasteiger partial charge in [0.1, 0.15) is 9.43 Å². The van der Waals surface area contributed by atoms with E-state index in [1.165, 1.54) is 7.11 Å². The first-order chi connectivity index (χ1) is 11.9. The SMILES string of the molecule is CON(C)C(=O)c1cn(-c2ccnc3cc(Cl)ccc23)nc1C(Br)Br. The second-order valence-corrected chi connectivity index (χ2v) is 8.65. The molecule has 0 aliphatic carbocycles. The summed E-state index contributed by atoms with van der Waals surface area (Å²) in [6, 6.07) is 7.29. The van der Waals surface area contributed by atoms with E-state index in [1.807, 2.05) is 12.1 Å². The summed E-state index contributed by atoms with van der Waals surface area (Å²) < 4.78 is 1.37. The van der Waals surface area contributed by atoms with Crippen LogP contribution < -0.4 is 0 Å². The van der Waals surface area contributed by atoms with Gasteiger partial charge in [0.25, 0.3) is 5.91 Å². The predicted molar refractivity (Wildman–Crippen MR) is 104 cm³/mol. The summed E-state index contributed by atoms with van der Waals surface area (Å²) in [6.45, 7) is 0. The maximum atomic E-state index is 12.5. The summed E-state index contributed by atoms with van der Waals surface area (Å²) >= 11 is 12.9. The minimum Gasteiger partial charge on any atom is -0.274 e. The Labute approximate surface area is 165 Å². The van der Waals surface area contributed by atoms with Crippen LogP contribution in [0, 0.1) is 0 Å². The molecular weight excluding hydrogens is 475 g/mol. The van der Waals surface area contributed by atoms with Crippen molar-refractivity contribution in [1.82, 2.24) is 19.8 Å². The van der Waals surface area contributed by atoms with Crippen LogP contribution >= 0.6 is 43.5 Å². The van der Waals surface area contributed by atoms with Gasteiger partial charge >= 0.3 is 0 Å². The van der Waals surface area contributed by atoms with Gasteiger partial charge in [0, 0.05) is 29.9 Å². The molecule has 130 valence electrons. The lowest BCUT2D eigenvalue weighted by Crippen LogP contribution is -2.25. The molecule has 1 aromatic carbocycles. The molecule has 0 saturated carbocycles. The third kappa shape index (κ3) is 3.57. The maximum Gasteiger partial charge on any atom is 0.280 e. The Kier molecular flexibility index (Phi) is 5.43. The molecule has 0 bridgehead atoms. The van der Waals surface area contributed by atoms with Crippen molar-refractivity contribution in [2.24, 2.45) is 0 Å². The molecular formula is C16H13Br2ClN4O2. The molecule has 0 aliphatic rings. The molecule has 1 amide bonds. The first kappa shape index (κ1) is 18.3. The summed E-state index contributed by atoms with van der Waals surface area (Å²) in [5.41, 5.74) is 2.51. The van der Waals surface area contributed by atoms with Crippen LogP contribution in [0.1, 0.15) is 19.8 Å². The number of amides is 1. The number of hydroxylamine groups is 2. The Morgan fingerprint density at radius 1 is 1.36 bits per heavy atom. The van der Waals surface area contributed by atoms with E-state index in [0.29, 0.717) is 16.3 Å². The van der Waals surface area contributed by atoms with Crippen LogP contribution in [0.3, 0.4) is 0 Å². The van der Waals surface area contributed by atoms with E-state index in [0.717, 1.165) is 21.7 Å². The summed E-state index contributed by atoms with van der Waals surface area (Å²) in [7, 11) is 2.98. The highest BCUT2D eigenvalue weighted by Gasteiger charge is 2.24. The molecule has 6 nitrogen and oxygen atoms in total. The Bertz CT molecular complexity index is 945. The Hall–Kier alpha value is -1.48. The number of hydrogen-bond donors (Lipinski definition) is 0. The van der Waals surface area contributed by atoms with Crippen molar-refractivity contribution >= 4 is 60.3 Å².